The summed E-state index contributed by atoms with van der Waals surface area (Å²) >= 11 is 11.3. The molecule has 2 heterocycles. The molecular weight excluding hydrogens is 315 g/mol. The molecule has 19 heavy (non-hydrogen) atoms. The Morgan fingerprint density at radius 2 is 2.11 bits per heavy atom. The minimum Gasteiger partial charge on any atom is -0.343 e. The molecular formula is C9H8Cl2N4O3S. The number of aromatic nitrogens is 3. The van der Waals surface area contributed by atoms with E-state index in [4.69, 9.17) is 23.2 Å². The molecule has 0 spiro atoms. The molecule has 0 amide bonds. The lowest BCUT2D eigenvalue weighted by molar-refractivity contribution is 0.410. The number of halogens is 2. The van der Waals surface area contributed by atoms with Crippen LogP contribution in [-0.2, 0) is 16.4 Å². The van der Waals surface area contributed by atoms with Crippen LogP contribution in [0.5, 0.6) is 0 Å². The molecule has 0 bridgehead atoms. The molecule has 2 rings (SSSR count). The van der Waals surface area contributed by atoms with Crippen LogP contribution in [0.2, 0.25) is 10.2 Å². The summed E-state index contributed by atoms with van der Waals surface area (Å²) in [7, 11) is -3.69. The van der Waals surface area contributed by atoms with Crippen molar-refractivity contribution in [3.63, 3.8) is 0 Å². The van der Waals surface area contributed by atoms with Crippen molar-refractivity contribution in [2.24, 2.45) is 0 Å². The molecule has 7 nitrogen and oxygen atoms in total. The molecule has 1 N–H and O–H groups in total. The van der Waals surface area contributed by atoms with Crippen molar-refractivity contribution in [2.75, 3.05) is 6.54 Å². The van der Waals surface area contributed by atoms with E-state index < -0.39 is 10.0 Å². The summed E-state index contributed by atoms with van der Waals surface area (Å²) in [5.74, 6) is 0.412. The smallest absolute Gasteiger partial charge is 0.242 e. The highest BCUT2D eigenvalue weighted by molar-refractivity contribution is 7.89. The van der Waals surface area contributed by atoms with E-state index in [1.165, 1.54) is 12.5 Å². The van der Waals surface area contributed by atoms with E-state index in [-0.39, 0.29) is 21.6 Å². The van der Waals surface area contributed by atoms with Crippen LogP contribution in [-0.4, -0.2) is 30.1 Å². The Bertz CT molecular complexity index is 660. The van der Waals surface area contributed by atoms with Crippen molar-refractivity contribution in [3.05, 3.63) is 34.7 Å². The summed E-state index contributed by atoms with van der Waals surface area (Å²) in [6.07, 6.45) is 2.61. The molecule has 0 aliphatic rings. The third-order valence-corrected chi connectivity index (χ3v) is 4.24. The van der Waals surface area contributed by atoms with Crippen molar-refractivity contribution in [2.45, 2.75) is 11.3 Å². The van der Waals surface area contributed by atoms with Crippen molar-refractivity contribution in [1.82, 2.24) is 19.8 Å². The predicted molar refractivity (Wildman–Crippen MR) is 67.4 cm³/mol. The molecule has 0 aliphatic carbocycles. The second-order valence-electron chi connectivity index (χ2n) is 3.44. The van der Waals surface area contributed by atoms with E-state index in [9.17, 15) is 8.42 Å². The summed E-state index contributed by atoms with van der Waals surface area (Å²) in [5, 5.41) is 3.68. The van der Waals surface area contributed by atoms with E-state index in [1.807, 2.05) is 0 Å². The second-order valence-corrected chi connectivity index (χ2v) is 5.97. The Morgan fingerprint density at radius 1 is 1.32 bits per heavy atom. The molecule has 0 saturated heterocycles. The lowest BCUT2D eigenvalue weighted by Gasteiger charge is -2.05. The van der Waals surface area contributed by atoms with Gasteiger partial charge in [0.05, 0.1) is 5.02 Å². The Morgan fingerprint density at radius 3 is 2.74 bits per heavy atom. The fourth-order valence-electron chi connectivity index (χ4n) is 1.23. The third kappa shape index (κ3) is 3.63. The van der Waals surface area contributed by atoms with Gasteiger partial charge in [-0.1, -0.05) is 28.4 Å². The number of nitrogens with one attached hydrogen (secondary N) is 1. The molecule has 0 aromatic carbocycles. The van der Waals surface area contributed by atoms with Gasteiger partial charge in [-0.05, 0) is 6.07 Å². The average Bonchev–Trinajstić information content (AvgIpc) is 2.85. The van der Waals surface area contributed by atoms with Gasteiger partial charge in [0, 0.05) is 19.2 Å². The highest BCUT2D eigenvalue weighted by atomic mass is 35.5. The van der Waals surface area contributed by atoms with Crippen molar-refractivity contribution >= 4 is 33.2 Å². The monoisotopic (exact) mass is 322 g/mol. The first-order valence-electron chi connectivity index (χ1n) is 5.05. The van der Waals surface area contributed by atoms with Crippen LogP contribution in [0.4, 0.5) is 0 Å². The van der Waals surface area contributed by atoms with Gasteiger partial charge in [0.2, 0.25) is 16.4 Å². The summed E-state index contributed by atoms with van der Waals surface area (Å²) in [6.45, 7) is 0.127. The van der Waals surface area contributed by atoms with Gasteiger partial charge in [-0.25, -0.2) is 18.1 Å². The minimum atomic E-state index is -3.69. The maximum atomic E-state index is 11.9. The van der Waals surface area contributed by atoms with Crippen LogP contribution < -0.4 is 4.72 Å². The number of hydrogen-bond donors (Lipinski definition) is 1. The van der Waals surface area contributed by atoms with Crippen LogP contribution in [0, 0.1) is 0 Å². The van der Waals surface area contributed by atoms with Crippen LogP contribution in [0.3, 0.4) is 0 Å². The second kappa shape index (κ2) is 5.83. The van der Waals surface area contributed by atoms with Crippen LogP contribution in [0.25, 0.3) is 0 Å². The normalized spacial score (nSPS) is 11.7. The van der Waals surface area contributed by atoms with Crippen LogP contribution in [0.1, 0.15) is 5.82 Å². The van der Waals surface area contributed by atoms with Gasteiger partial charge < -0.3 is 4.52 Å². The number of nitrogens with zero attached hydrogens (tertiary/aromatic N) is 3. The van der Waals surface area contributed by atoms with Crippen LogP contribution in [0.15, 0.2) is 28.1 Å². The molecule has 2 aromatic heterocycles. The van der Waals surface area contributed by atoms with Crippen LogP contribution >= 0.6 is 23.2 Å². The zero-order chi connectivity index (χ0) is 13.9. The zero-order valence-corrected chi connectivity index (χ0v) is 11.7. The fraction of sp³-hybridized carbons (Fsp3) is 0.222. The number of sulfonamides is 1. The SMILES string of the molecule is O=S(=O)(NCCc1ncon1)c1cnc(Cl)c(Cl)c1. The fourth-order valence-corrected chi connectivity index (χ4v) is 2.57. The third-order valence-electron chi connectivity index (χ3n) is 2.13. The summed E-state index contributed by atoms with van der Waals surface area (Å²) in [4.78, 5) is 7.39. The minimum absolute atomic E-state index is 0.0485. The first-order chi connectivity index (χ1) is 8.99. The maximum Gasteiger partial charge on any atom is 0.242 e. The maximum absolute atomic E-state index is 11.9. The topological polar surface area (TPSA) is 98.0 Å². The number of rotatable bonds is 5. The van der Waals surface area contributed by atoms with Crippen molar-refractivity contribution in [1.29, 1.82) is 0 Å². The molecule has 0 saturated carbocycles. The van der Waals surface area contributed by atoms with E-state index in [1.54, 1.807) is 0 Å². The molecule has 0 atom stereocenters. The molecule has 0 radical (unpaired) electrons. The predicted octanol–water partition coefficient (Wildman–Crippen LogP) is 1.29. The summed E-state index contributed by atoms with van der Waals surface area (Å²) < 4.78 is 30.7. The van der Waals surface area contributed by atoms with E-state index >= 15 is 0 Å². The Kier molecular flexibility index (Phi) is 4.35. The lowest BCUT2D eigenvalue weighted by Crippen LogP contribution is -2.26. The number of hydrogen-bond acceptors (Lipinski definition) is 6. The largest absolute Gasteiger partial charge is 0.343 e. The molecule has 0 fully saturated rings. The molecule has 0 unspecified atom stereocenters. The van der Waals surface area contributed by atoms with E-state index in [0.717, 1.165) is 6.20 Å². The van der Waals surface area contributed by atoms with Gasteiger partial charge in [0.15, 0.2) is 5.82 Å². The Labute approximate surface area is 119 Å². The summed E-state index contributed by atoms with van der Waals surface area (Å²) in [6, 6.07) is 1.23. The average molecular weight is 323 g/mol. The quantitative estimate of drug-likeness (QED) is 0.833. The van der Waals surface area contributed by atoms with Gasteiger partial charge in [-0.15, -0.1) is 0 Å². The molecule has 0 aliphatic heterocycles. The van der Waals surface area contributed by atoms with E-state index in [2.05, 4.69) is 24.4 Å². The highest BCUT2D eigenvalue weighted by Gasteiger charge is 2.16. The van der Waals surface area contributed by atoms with Crippen molar-refractivity contribution < 1.29 is 12.9 Å². The first-order valence-corrected chi connectivity index (χ1v) is 7.29. The first kappa shape index (κ1) is 14.2. The summed E-state index contributed by atoms with van der Waals surface area (Å²) in [5.41, 5.74) is 0. The van der Waals surface area contributed by atoms with Gasteiger partial charge >= 0.3 is 0 Å². The molecule has 10 heteroatoms. The molecule has 2 aromatic rings. The molecule has 102 valence electrons. The van der Waals surface area contributed by atoms with Gasteiger partial charge in [-0.2, -0.15) is 4.98 Å². The van der Waals surface area contributed by atoms with Crippen molar-refractivity contribution in [3.8, 4) is 0 Å². The van der Waals surface area contributed by atoms with Gasteiger partial charge in [-0.3, -0.25) is 0 Å². The zero-order valence-electron chi connectivity index (χ0n) is 9.38. The van der Waals surface area contributed by atoms with E-state index in [0.29, 0.717) is 12.2 Å². The Hall–Kier alpha value is -1.22. The highest BCUT2D eigenvalue weighted by Crippen LogP contribution is 2.21. The lowest BCUT2D eigenvalue weighted by atomic mass is 10.4. The Balaban J connectivity index is 2.03. The van der Waals surface area contributed by atoms with Gasteiger partial charge in [0.1, 0.15) is 10.0 Å². The van der Waals surface area contributed by atoms with Gasteiger partial charge in [0.25, 0.3) is 0 Å². The standard InChI is InChI=1S/C9H8Cl2N4O3S/c10-7-3-6(4-12-9(7)11)19(16,17)14-2-1-8-13-5-18-15-8/h3-5,14H,1-2H2. The number of pyridine rings is 1.